The summed E-state index contributed by atoms with van der Waals surface area (Å²) < 4.78 is 12.0. The van der Waals surface area contributed by atoms with E-state index in [-0.39, 0.29) is 0 Å². The second-order valence-corrected chi connectivity index (χ2v) is 7.65. The molecule has 0 bridgehead atoms. The lowest BCUT2D eigenvalue weighted by molar-refractivity contribution is 0.184. The predicted octanol–water partition coefficient (Wildman–Crippen LogP) is 5.56. The summed E-state index contributed by atoms with van der Waals surface area (Å²) in [7, 11) is 0. The zero-order valence-electron chi connectivity index (χ0n) is 17.3. The van der Waals surface area contributed by atoms with Crippen molar-refractivity contribution < 1.29 is 9.47 Å². The number of rotatable bonds is 8. The Hall–Kier alpha value is -2.59. The minimum Gasteiger partial charge on any atom is -0.494 e. The van der Waals surface area contributed by atoms with E-state index >= 15 is 0 Å². The Morgan fingerprint density at radius 3 is 2.48 bits per heavy atom. The lowest BCUT2D eigenvalue weighted by Crippen LogP contribution is -2.33. The van der Waals surface area contributed by atoms with Gasteiger partial charge in [-0.05, 0) is 68.8 Å². The van der Waals surface area contributed by atoms with Crippen molar-refractivity contribution in [1.82, 2.24) is 9.88 Å². The second kappa shape index (κ2) is 9.75. The van der Waals surface area contributed by atoms with Gasteiger partial charge < -0.3 is 9.47 Å². The molecule has 0 saturated carbocycles. The number of piperidine rings is 1. The molecule has 29 heavy (non-hydrogen) atoms. The molecule has 0 N–H and O–H groups in total. The number of hydrogen-bond donors (Lipinski definition) is 0. The maximum absolute atomic E-state index is 6.25. The van der Waals surface area contributed by atoms with E-state index in [0.717, 1.165) is 53.2 Å². The van der Waals surface area contributed by atoms with Crippen molar-refractivity contribution in [1.29, 1.82) is 0 Å². The highest BCUT2D eigenvalue weighted by Crippen LogP contribution is 2.31. The average molecular weight is 391 g/mol. The smallest absolute Gasteiger partial charge is 0.130 e. The first-order valence-corrected chi connectivity index (χ1v) is 10.8. The lowest BCUT2D eigenvalue weighted by Gasteiger charge is -2.26. The van der Waals surface area contributed by atoms with Crippen LogP contribution in [0.3, 0.4) is 0 Å². The van der Waals surface area contributed by atoms with Gasteiger partial charge in [0.2, 0.25) is 0 Å². The SMILES string of the molecule is CCCOc1ccc(-c2cc(OCCN3CCCCC3)c3ccccc3n2)cc1. The highest BCUT2D eigenvalue weighted by Gasteiger charge is 2.12. The summed E-state index contributed by atoms with van der Waals surface area (Å²) in [5, 5.41) is 1.07. The number of fused-ring (bicyclic) bond motifs is 1. The Kier molecular flexibility index (Phi) is 6.63. The molecule has 3 aromatic rings. The van der Waals surface area contributed by atoms with E-state index in [4.69, 9.17) is 14.5 Å². The van der Waals surface area contributed by atoms with Crippen LogP contribution in [0.4, 0.5) is 0 Å². The number of para-hydroxylation sites is 1. The first kappa shape index (κ1) is 19.7. The van der Waals surface area contributed by atoms with Crippen molar-refractivity contribution in [3.63, 3.8) is 0 Å². The van der Waals surface area contributed by atoms with Crippen molar-refractivity contribution in [3.8, 4) is 22.8 Å². The molecule has 1 aliphatic heterocycles. The summed E-state index contributed by atoms with van der Waals surface area (Å²) in [6.45, 7) is 6.92. The first-order valence-electron chi connectivity index (χ1n) is 10.8. The molecule has 0 atom stereocenters. The third kappa shape index (κ3) is 5.07. The Balaban J connectivity index is 1.53. The Labute approximate surface area is 173 Å². The van der Waals surface area contributed by atoms with Crippen LogP contribution in [0.1, 0.15) is 32.6 Å². The first-order chi connectivity index (χ1) is 14.3. The molecule has 1 fully saturated rings. The molecular weight excluding hydrogens is 360 g/mol. The minimum atomic E-state index is 0.706. The van der Waals surface area contributed by atoms with E-state index in [1.165, 1.54) is 32.4 Å². The van der Waals surface area contributed by atoms with Gasteiger partial charge in [0, 0.05) is 23.6 Å². The molecule has 0 spiro atoms. The number of ether oxygens (including phenoxy) is 2. The molecule has 0 unspecified atom stereocenters. The Bertz CT molecular complexity index is 918. The normalized spacial score (nSPS) is 14.8. The highest BCUT2D eigenvalue weighted by atomic mass is 16.5. The van der Waals surface area contributed by atoms with Crippen LogP contribution >= 0.6 is 0 Å². The second-order valence-electron chi connectivity index (χ2n) is 7.65. The number of aromatic nitrogens is 1. The lowest BCUT2D eigenvalue weighted by atomic mass is 10.1. The molecule has 2 heterocycles. The number of nitrogens with zero attached hydrogens (tertiary/aromatic N) is 2. The zero-order chi connectivity index (χ0) is 19.9. The molecule has 4 rings (SSSR count). The molecular formula is C25H30N2O2. The van der Waals surface area contributed by atoms with E-state index in [1.54, 1.807) is 0 Å². The summed E-state index contributed by atoms with van der Waals surface area (Å²) in [4.78, 5) is 7.37. The van der Waals surface area contributed by atoms with Crippen LogP contribution in [0.25, 0.3) is 22.2 Å². The molecule has 0 radical (unpaired) electrons. The largest absolute Gasteiger partial charge is 0.494 e. The van der Waals surface area contributed by atoms with Crippen LogP contribution < -0.4 is 9.47 Å². The van der Waals surface area contributed by atoms with Crippen LogP contribution in [0.15, 0.2) is 54.6 Å². The molecule has 1 saturated heterocycles. The number of hydrogen-bond acceptors (Lipinski definition) is 4. The fraction of sp³-hybridized carbons (Fsp3) is 0.400. The van der Waals surface area contributed by atoms with Gasteiger partial charge in [0.1, 0.15) is 18.1 Å². The number of likely N-dealkylation sites (tertiary alicyclic amines) is 1. The van der Waals surface area contributed by atoms with Gasteiger partial charge in [0.05, 0.1) is 17.8 Å². The fourth-order valence-electron chi connectivity index (χ4n) is 3.82. The predicted molar refractivity (Wildman–Crippen MR) is 119 cm³/mol. The van der Waals surface area contributed by atoms with E-state index in [9.17, 15) is 0 Å². The van der Waals surface area contributed by atoms with Gasteiger partial charge in [0.15, 0.2) is 0 Å². The van der Waals surface area contributed by atoms with Gasteiger partial charge in [-0.1, -0.05) is 25.5 Å². The van der Waals surface area contributed by atoms with Gasteiger partial charge in [-0.15, -0.1) is 0 Å². The topological polar surface area (TPSA) is 34.6 Å². The van der Waals surface area contributed by atoms with Crippen molar-refractivity contribution in [3.05, 3.63) is 54.6 Å². The van der Waals surface area contributed by atoms with E-state index < -0.39 is 0 Å². The van der Waals surface area contributed by atoms with Crippen molar-refractivity contribution in [2.24, 2.45) is 0 Å². The molecule has 0 aliphatic carbocycles. The highest BCUT2D eigenvalue weighted by molar-refractivity contribution is 5.87. The third-order valence-corrected chi connectivity index (χ3v) is 5.41. The minimum absolute atomic E-state index is 0.706. The average Bonchev–Trinajstić information content (AvgIpc) is 2.78. The van der Waals surface area contributed by atoms with Crippen molar-refractivity contribution >= 4 is 10.9 Å². The number of benzene rings is 2. The van der Waals surface area contributed by atoms with Crippen LogP contribution in [0.2, 0.25) is 0 Å². The van der Waals surface area contributed by atoms with E-state index in [0.29, 0.717) is 6.61 Å². The van der Waals surface area contributed by atoms with Gasteiger partial charge in [-0.3, -0.25) is 4.90 Å². The maximum atomic E-state index is 6.25. The Morgan fingerprint density at radius 1 is 0.897 bits per heavy atom. The summed E-state index contributed by atoms with van der Waals surface area (Å²) in [5.41, 5.74) is 2.96. The standard InChI is InChI=1S/C25H30N2O2/c1-2-17-28-21-12-10-20(11-13-21)24-19-25(22-8-4-5-9-23(22)26-24)29-18-16-27-14-6-3-7-15-27/h4-5,8-13,19H,2-3,6-7,14-18H2,1H3. The molecule has 4 nitrogen and oxygen atoms in total. The quantitative estimate of drug-likeness (QED) is 0.505. The monoisotopic (exact) mass is 390 g/mol. The molecule has 4 heteroatoms. The van der Waals surface area contributed by atoms with Gasteiger partial charge in [-0.2, -0.15) is 0 Å². The van der Waals surface area contributed by atoms with Crippen LogP contribution in [0.5, 0.6) is 11.5 Å². The molecule has 2 aromatic carbocycles. The molecule has 1 aromatic heterocycles. The molecule has 152 valence electrons. The van der Waals surface area contributed by atoms with E-state index in [1.807, 2.05) is 24.3 Å². The summed E-state index contributed by atoms with van der Waals surface area (Å²) in [6, 6.07) is 18.4. The zero-order valence-corrected chi connectivity index (χ0v) is 17.3. The van der Waals surface area contributed by atoms with Gasteiger partial charge in [0.25, 0.3) is 0 Å². The fourth-order valence-corrected chi connectivity index (χ4v) is 3.82. The van der Waals surface area contributed by atoms with Gasteiger partial charge >= 0.3 is 0 Å². The summed E-state index contributed by atoms with van der Waals surface area (Å²) in [5.74, 6) is 1.81. The summed E-state index contributed by atoms with van der Waals surface area (Å²) >= 11 is 0. The van der Waals surface area contributed by atoms with Crippen molar-refractivity contribution in [2.75, 3.05) is 32.8 Å². The summed E-state index contributed by atoms with van der Waals surface area (Å²) in [6.07, 6.45) is 4.98. The van der Waals surface area contributed by atoms with Crippen LogP contribution in [-0.4, -0.2) is 42.7 Å². The molecule has 0 amide bonds. The van der Waals surface area contributed by atoms with Crippen molar-refractivity contribution in [2.45, 2.75) is 32.6 Å². The number of pyridine rings is 1. The van der Waals surface area contributed by atoms with Crippen LogP contribution in [0, 0.1) is 0 Å². The third-order valence-electron chi connectivity index (χ3n) is 5.41. The van der Waals surface area contributed by atoms with Crippen LogP contribution in [-0.2, 0) is 0 Å². The Morgan fingerprint density at radius 2 is 1.69 bits per heavy atom. The van der Waals surface area contributed by atoms with E-state index in [2.05, 4.69) is 42.2 Å². The van der Waals surface area contributed by atoms with Gasteiger partial charge in [-0.25, -0.2) is 4.98 Å². The maximum Gasteiger partial charge on any atom is 0.130 e. The molecule has 1 aliphatic rings.